The van der Waals surface area contributed by atoms with Gasteiger partial charge in [-0.05, 0) is 25.7 Å². The van der Waals surface area contributed by atoms with Gasteiger partial charge in [-0.2, -0.15) is 7.82 Å². The molecule has 0 aliphatic rings. The van der Waals surface area contributed by atoms with Gasteiger partial charge in [-0.3, -0.25) is 0 Å². The highest BCUT2D eigenvalue weighted by atomic mass is 31.2. The van der Waals surface area contributed by atoms with E-state index in [1.54, 1.807) is 24.6 Å². The third-order valence-corrected chi connectivity index (χ3v) is 9.00. The first kappa shape index (κ1) is 32.3. The van der Waals surface area contributed by atoms with Crippen LogP contribution in [-0.2, 0) is 9.13 Å². The van der Waals surface area contributed by atoms with Gasteiger partial charge in [0, 0.05) is 7.26 Å². The summed E-state index contributed by atoms with van der Waals surface area (Å²) >= 11 is 0. The molecule has 0 heterocycles. The topological polar surface area (TPSA) is 164 Å². The van der Waals surface area contributed by atoms with Crippen LogP contribution in [0.5, 0.6) is 0 Å². The fourth-order valence-corrected chi connectivity index (χ4v) is 7.93. The van der Waals surface area contributed by atoms with Crippen molar-refractivity contribution in [3.63, 3.8) is 0 Å². The van der Waals surface area contributed by atoms with E-state index in [4.69, 9.17) is 38.5 Å². The molecule has 8 nitrogen and oxygen atoms in total. The van der Waals surface area contributed by atoms with Crippen molar-refractivity contribution in [1.29, 1.82) is 0 Å². The molecular formula is C16H39O8P3-2. The van der Waals surface area contributed by atoms with Gasteiger partial charge in [0.2, 0.25) is 0 Å². The van der Waals surface area contributed by atoms with E-state index in [2.05, 4.69) is 27.7 Å². The Bertz CT molecular complexity index is 334. The van der Waals surface area contributed by atoms with Gasteiger partial charge in [-0.1, -0.05) is 53.4 Å². The summed E-state index contributed by atoms with van der Waals surface area (Å²) in [6.07, 6.45) is 17.9. The van der Waals surface area contributed by atoms with Crippen LogP contribution >= 0.6 is 22.9 Å². The van der Waals surface area contributed by atoms with Crippen LogP contribution in [0.25, 0.3) is 0 Å². The lowest BCUT2D eigenvalue weighted by Crippen LogP contribution is -2.24. The number of rotatable bonds is 12. The van der Waals surface area contributed by atoms with E-state index in [1.165, 1.54) is 51.4 Å². The van der Waals surface area contributed by atoms with Crippen molar-refractivity contribution in [2.24, 2.45) is 0 Å². The maximum absolute atomic E-state index is 8.88. The Morgan fingerprint density at radius 2 is 0.778 bits per heavy atom. The van der Waals surface area contributed by atoms with Gasteiger partial charge in [-0.25, -0.2) is 4.57 Å². The summed E-state index contributed by atoms with van der Waals surface area (Å²) < 4.78 is 17.4. The lowest BCUT2D eigenvalue weighted by Gasteiger charge is -2.36. The summed E-state index contributed by atoms with van der Waals surface area (Å²) in [5.41, 5.74) is 0. The van der Waals surface area contributed by atoms with Crippen LogP contribution < -0.4 is 14.7 Å². The molecule has 0 aromatic heterocycles. The normalized spacial score (nSPS) is 11.9. The molecule has 0 bridgehead atoms. The minimum Gasteiger partial charge on any atom is -0.822 e. The average Bonchev–Trinajstić information content (AvgIpc) is 2.50. The van der Waals surface area contributed by atoms with Crippen molar-refractivity contribution < 1.29 is 38.5 Å². The van der Waals surface area contributed by atoms with Gasteiger partial charge in [0.25, 0.3) is 0 Å². The summed E-state index contributed by atoms with van der Waals surface area (Å²) in [6.45, 7) is 9.42. The Morgan fingerprint density at radius 1 is 0.630 bits per heavy atom. The highest BCUT2D eigenvalue weighted by molar-refractivity contribution is 7.75. The minimum atomic E-state index is -5.39. The molecular weight excluding hydrogens is 413 g/mol. The average molecular weight is 452 g/mol. The quantitative estimate of drug-likeness (QED) is 0.380. The number of hydrogen-bond donors (Lipinski definition) is 3. The van der Waals surface area contributed by atoms with Crippen molar-refractivity contribution in [2.75, 3.05) is 24.6 Å². The second-order valence-corrected chi connectivity index (χ2v) is 13.0. The van der Waals surface area contributed by atoms with Gasteiger partial charge >= 0.3 is 7.82 Å². The molecule has 0 saturated carbocycles. The summed E-state index contributed by atoms with van der Waals surface area (Å²) in [5.74, 6) is 0. The maximum atomic E-state index is 8.88. The van der Waals surface area contributed by atoms with E-state index in [1.807, 2.05) is 0 Å². The molecule has 0 aromatic rings. The Labute approximate surface area is 165 Å². The molecule has 0 aromatic carbocycles. The van der Waals surface area contributed by atoms with E-state index in [0.29, 0.717) is 0 Å². The van der Waals surface area contributed by atoms with Gasteiger partial charge < -0.3 is 33.9 Å². The molecule has 0 fully saturated rings. The largest absolute Gasteiger partial charge is 0.822 e. The first-order valence-corrected chi connectivity index (χ1v) is 15.2. The fraction of sp³-hybridized carbons (Fsp3) is 1.00. The number of phosphoric acid groups is 2. The van der Waals surface area contributed by atoms with Crippen molar-refractivity contribution in [1.82, 2.24) is 0 Å². The zero-order valence-electron chi connectivity index (χ0n) is 17.2. The third kappa shape index (κ3) is 38.0. The minimum absolute atomic E-state index is 0.562. The van der Waals surface area contributed by atoms with Gasteiger partial charge in [0.1, 0.15) is 0 Å². The van der Waals surface area contributed by atoms with Gasteiger partial charge in [0.05, 0.1) is 24.6 Å². The second kappa shape index (κ2) is 18.7. The SMILES string of the molecule is CCCC[P+](CCCC)(CCCC)CCCC.O=P(O)(O)O.O=P([O-])([O-])[O-]. The lowest BCUT2D eigenvalue weighted by molar-refractivity contribution is -0.432. The van der Waals surface area contributed by atoms with Crippen LogP contribution in [-0.4, -0.2) is 39.3 Å². The zero-order valence-corrected chi connectivity index (χ0v) is 19.9. The molecule has 3 N–H and O–H groups in total. The van der Waals surface area contributed by atoms with E-state index < -0.39 is 22.9 Å². The smallest absolute Gasteiger partial charge is 0.466 e. The van der Waals surface area contributed by atoms with E-state index in [0.717, 1.165) is 0 Å². The van der Waals surface area contributed by atoms with Crippen molar-refractivity contribution in [3.05, 3.63) is 0 Å². The van der Waals surface area contributed by atoms with E-state index >= 15 is 0 Å². The molecule has 168 valence electrons. The number of hydrogen-bond acceptors (Lipinski definition) is 5. The molecule has 0 spiro atoms. The first-order valence-electron chi connectivity index (χ1n) is 9.61. The summed E-state index contributed by atoms with van der Waals surface area (Å²) in [6, 6.07) is 0. The van der Waals surface area contributed by atoms with Crippen molar-refractivity contribution >= 4 is 22.9 Å². The molecule has 27 heavy (non-hydrogen) atoms. The van der Waals surface area contributed by atoms with Crippen LogP contribution in [0.2, 0.25) is 0 Å². The highest BCUT2D eigenvalue weighted by Crippen LogP contribution is 2.61. The first-order chi connectivity index (χ1) is 12.2. The molecule has 0 radical (unpaired) electrons. The fourth-order valence-electron chi connectivity index (χ4n) is 2.64. The molecule has 0 atom stereocenters. The Balaban J connectivity index is -0.000000471. The maximum Gasteiger partial charge on any atom is 0.466 e. The van der Waals surface area contributed by atoms with E-state index in [9.17, 15) is 0 Å². The molecule has 0 amide bonds. The van der Waals surface area contributed by atoms with Crippen LogP contribution in [0.3, 0.4) is 0 Å². The Hall–Kier alpha value is 0.650. The van der Waals surface area contributed by atoms with E-state index in [-0.39, 0.29) is 0 Å². The van der Waals surface area contributed by atoms with Crippen molar-refractivity contribution in [3.8, 4) is 0 Å². The summed E-state index contributed by atoms with van der Waals surface area (Å²) in [7, 11) is -10.6. The predicted octanol–water partition coefficient (Wildman–Crippen LogP) is 2.45. The predicted molar refractivity (Wildman–Crippen MR) is 108 cm³/mol. The molecule has 11 heteroatoms. The van der Waals surface area contributed by atoms with Gasteiger partial charge in [0.15, 0.2) is 0 Å². The van der Waals surface area contributed by atoms with Gasteiger partial charge in [-0.15, -0.1) is 0 Å². The molecule has 0 unspecified atom stereocenters. The summed E-state index contributed by atoms with van der Waals surface area (Å²) in [4.78, 5) is 47.2. The summed E-state index contributed by atoms with van der Waals surface area (Å²) in [5, 5.41) is 0. The molecule has 0 rings (SSSR count). The molecule has 0 saturated heterocycles. The second-order valence-electron chi connectivity index (χ2n) is 6.61. The van der Waals surface area contributed by atoms with Crippen LogP contribution in [0.1, 0.15) is 79.1 Å². The van der Waals surface area contributed by atoms with Crippen molar-refractivity contribution in [2.45, 2.75) is 79.1 Å². The molecule has 0 aliphatic carbocycles. The Kier molecular flexibility index (Phi) is 22.3. The van der Waals surface area contributed by atoms with Crippen LogP contribution in [0.15, 0.2) is 0 Å². The van der Waals surface area contributed by atoms with Crippen LogP contribution in [0, 0.1) is 0 Å². The zero-order chi connectivity index (χ0) is 22.0. The third-order valence-electron chi connectivity index (χ3n) is 3.94. The standard InChI is InChI=1S/C16H36P.2H3O4P/c1-5-9-13-17(14-10-6-2,15-11-7-3)16-12-8-4;2*1-5(2,3)4/h5-16H2,1-4H3;2*(H3,1,2,3,4)/q+1;;/p-3. The highest BCUT2D eigenvalue weighted by Gasteiger charge is 2.34. The Morgan fingerprint density at radius 3 is 0.889 bits per heavy atom. The lowest BCUT2D eigenvalue weighted by atomic mass is 10.4. The number of unbranched alkanes of at least 4 members (excludes halogenated alkanes) is 4. The molecule has 0 aliphatic heterocycles. The monoisotopic (exact) mass is 452 g/mol. The van der Waals surface area contributed by atoms with Crippen LogP contribution in [0.4, 0.5) is 0 Å².